The zero-order valence-corrected chi connectivity index (χ0v) is 34.8. The van der Waals surface area contributed by atoms with Crippen molar-refractivity contribution in [2.75, 3.05) is 19.7 Å². The lowest BCUT2D eigenvalue weighted by Gasteiger charge is -2.38. The van der Waals surface area contributed by atoms with Gasteiger partial charge in [-0.15, -0.1) is 0 Å². The second kappa shape index (κ2) is 23.4. The second-order valence-electron chi connectivity index (χ2n) is 15.4. The van der Waals surface area contributed by atoms with Gasteiger partial charge in [-0.2, -0.15) is 0 Å². The predicted molar refractivity (Wildman–Crippen MR) is 219 cm³/mol. The van der Waals surface area contributed by atoms with Crippen LogP contribution in [0.5, 0.6) is 0 Å². The number of amides is 6. The standard InChI is InChI=1S/C42H65N7O8/c1-9-10-12-21-35(51)48-42(8,40(55)47-36(27(4)5)38(53)46-34(22-43)26(2)3)32(24-50)23-45-37(52)29(7)49(39(54)28(6)44)41(56)57-25-31-19-15-16-20-33(31)30-17-13-11-14-18-30/h11,13-20,26-29,32,34,36,50H,9-10,12,21-25,43-44H2,1-8H3,(H,45,52)(H,46,53)(H,47,55)(H,48,51)/t28-,29-,32?,34+,36?,42+/m0/s1. The minimum Gasteiger partial charge on any atom is -0.444 e. The number of benzene rings is 2. The Morgan fingerprint density at radius 1 is 0.860 bits per heavy atom. The van der Waals surface area contributed by atoms with Crippen molar-refractivity contribution in [3.8, 4) is 11.1 Å². The van der Waals surface area contributed by atoms with E-state index in [1.807, 2.05) is 63.2 Å². The Hall–Kier alpha value is -4.86. The summed E-state index contributed by atoms with van der Waals surface area (Å²) in [5.74, 6) is -4.85. The van der Waals surface area contributed by atoms with Crippen molar-refractivity contribution < 1.29 is 38.6 Å². The average Bonchev–Trinajstić information content (AvgIpc) is 3.18. The van der Waals surface area contributed by atoms with Crippen LogP contribution in [-0.4, -0.2) is 95.0 Å². The maximum Gasteiger partial charge on any atom is 0.417 e. The minimum atomic E-state index is -1.83. The molecule has 316 valence electrons. The average molecular weight is 796 g/mol. The van der Waals surface area contributed by atoms with Gasteiger partial charge >= 0.3 is 6.09 Å². The molecule has 0 aliphatic heterocycles. The Morgan fingerprint density at radius 3 is 2.05 bits per heavy atom. The normalized spacial score (nSPS) is 15.0. The van der Waals surface area contributed by atoms with E-state index < -0.39 is 71.8 Å². The molecule has 2 rings (SSSR count). The van der Waals surface area contributed by atoms with Crippen LogP contribution in [0.3, 0.4) is 0 Å². The molecule has 0 heterocycles. The summed E-state index contributed by atoms with van der Waals surface area (Å²) in [6.07, 6.45) is 1.20. The van der Waals surface area contributed by atoms with E-state index in [0.29, 0.717) is 16.9 Å². The molecular weight excluding hydrogens is 731 g/mol. The molecule has 0 aliphatic rings. The number of hydrogen-bond acceptors (Lipinski definition) is 10. The monoisotopic (exact) mass is 795 g/mol. The van der Waals surface area contributed by atoms with Crippen LogP contribution in [0, 0.1) is 17.8 Å². The number of ether oxygens (including phenoxy) is 1. The van der Waals surface area contributed by atoms with Gasteiger partial charge in [0.2, 0.25) is 29.5 Å². The Labute approximate surface area is 337 Å². The van der Waals surface area contributed by atoms with Crippen molar-refractivity contribution in [2.45, 2.75) is 117 Å². The molecule has 0 bridgehead atoms. The van der Waals surface area contributed by atoms with Crippen LogP contribution in [0.4, 0.5) is 4.79 Å². The van der Waals surface area contributed by atoms with E-state index in [2.05, 4.69) is 21.3 Å². The Morgan fingerprint density at radius 2 is 1.49 bits per heavy atom. The first-order valence-corrected chi connectivity index (χ1v) is 19.8. The van der Waals surface area contributed by atoms with Crippen LogP contribution in [0.1, 0.15) is 86.6 Å². The van der Waals surface area contributed by atoms with E-state index in [1.54, 1.807) is 26.0 Å². The zero-order chi connectivity index (χ0) is 42.9. The van der Waals surface area contributed by atoms with Gasteiger partial charge < -0.3 is 42.6 Å². The highest BCUT2D eigenvalue weighted by Crippen LogP contribution is 2.25. The highest BCUT2D eigenvalue weighted by molar-refractivity contribution is 6.00. The number of nitrogens with zero attached hydrogens (tertiary/aromatic N) is 1. The third-order valence-corrected chi connectivity index (χ3v) is 10.1. The summed E-state index contributed by atoms with van der Waals surface area (Å²) in [6.45, 7) is 12.3. The van der Waals surface area contributed by atoms with E-state index >= 15 is 0 Å². The summed E-state index contributed by atoms with van der Waals surface area (Å²) in [6, 6.07) is 12.8. The molecule has 6 atom stereocenters. The number of nitrogens with two attached hydrogens (primary N) is 2. The minimum absolute atomic E-state index is 0.0254. The summed E-state index contributed by atoms with van der Waals surface area (Å²) in [7, 11) is 0. The number of imide groups is 1. The molecule has 0 spiro atoms. The summed E-state index contributed by atoms with van der Waals surface area (Å²) >= 11 is 0. The van der Waals surface area contributed by atoms with Crippen molar-refractivity contribution in [2.24, 2.45) is 29.2 Å². The molecule has 0 radical (unpaired) electrons. The van der Waals surface area contributed by atoms with E-state index in [4.69, 9.17) is 16.2 Å². The van der Waals surface area contributed by atoms with E-state index in [-0.39, 0.29) is 44.0 Å². The van der Waals surface area contributed by atoms with E-state index in [0.717, 1.165) is 24.0 Å². The number of unbranched alkanes of at least 4 members (excludes halogenated alkanes) is 2. The van der Waals surface area contributed by atoms with Gasteiger partial charge in [-0.3, -0.25) is 24.0 Å². The van der Waals surface area contributed by atoms with Gasteiger partial charge in [0, 0.05) is 31.5 Å². The van der Waals surface area contributed by atoms with E-state index in [9.17, 15) is 33.9 Å². The predicted octanol–water partition coefficient (Wildman–Crippen LogP) is 2.97. The molecule has 0 aromatic heterocycles. The number of carbonyl (C=O) groups excluding carboxylic acids is 6. The first kappa shape index (κ1) is 48.3. The van der Waals surface area contributed by atoms with Gasteiger partial charge in [0.25, 0.3) is 0 Å². The molecule has 9 N–H and O–H groups in total. The van der Waals surface area contributed by atoms with Crippen LogP contribution in [0.15, 0.2) is 54.6 Å². The molecular formula is C42H65N7O8. The SMILES string of the molecule is CCCCCC(=O)N[C@@](C)(C(=O)NC(C(=O)N[C@H](CN)C(C)C)C(C)C)C(CO)CNC(=O)[C@H](C)N(C(=O)OCc1ccccc1-c1ccccc1)C(=O)[C@H](C)N. The maximum atomic E-state index is 14.2. The lowest BCUT2D eigenvalue weighted by molar-refractivity contribution is -0.140. The molecule has 2 aromatic rings. The van der Waals surface area contributed by atoms with Crippen LogP contribution in [0.2, 0.25) is 0 Å². The third-order valence-electron chi connectivity index (χ3n) is 10.1. The van der Waals surface area contributed by atoms with Crippen LogP contribution >= 0.6 is 0 Å². The van der Waals surface area contributed by atoms with Crippen molar-refractivity contribution in [3.05, 3.63) is 60.2 Å². The highest BCUT2D eigenvalue weighted by atomic mass is 16.6. The van der Waals surface area contributed by atoms with Crippen molar-refractivity contribution >= 4 is 35.6 Å². The smallest absolute Gasteiger partial charge is 0.417 e. The number of aliphatic hydroxyl groups is 1. The fraction of sp³-hybridized carbons (Fsp3) is 0.571. The number of carbonyl (C=O) groups is 6. The lowest BCUT2D eigenvalue weighted by Crippen LogP contribution is -2.67. The first-order chi connectivity index (χ1) is 26.9. The van der Waals surface area contributed by atoms with Gasteiger partial charge in [-0.05, 0) is 55.7 Å². The first-order valence-electron chi connectivity index (χ1n) is 19.8. The van der Waals surface area contributed by atoms with Crippen LogP contribution in [0.25, 0.3) is 11.1 Å². The molecule has 15 heteroatoms. The highest BCUT2D eigenvalue weighted by Gasteiger charge is 2.45. The third kappa shape index (κ3) is 13.9. The largest absolute Gasteiger partial charge is 0.444 e. The van der Waals surface area contributed by atoms with Gasteiger partial charge in [-0.25, -0.2) is 9.69 Å². The maximum absolute atomic E-state index is 14.2. The quantitative estimate of drug-likeness (QED) is 0.0861. The van der Waals surface area contributed by atoms with Crippen molar-refractivity contribution in [1.82, 2.24) is 26.2 Å². The van der Waals surface area contributed by atoms with Gasteiger partial charge in [0.15, 0.2) is 0 Å². The van der Waals surface area contributed by atoms with Crippen LogP contribution in [-0.2, 0) is 35.3 Å². The summed E-state index contributed by atoms with van der Waals surface area (Å²) in [4.78, 5) is 82.0. The molecule has 2 unspecified atom stereocenters. The Balaban J connectivity index is 2.35. The summed E-state index contributed by atoms with van der Waals surface area (Å²) < 4.78 is 5.58. The number of nitrogens with one attached hydrogen (secondary N) is 4. The fourth-order valence-corrected chi connectivity index (χ4v) is 6.18. The Kier molecular flexibility index (Phi) is 19.8. The van der Waals surface area contributed by atoms with Crippen molar-refractivity contribution in [1.29, 1.82) is 0 Å². The molecule has 6 amide bonds. The summed E-state index contributed by atoms with van der Waals surface area (Å²) in [5.41, 5.74) is 12.3. The molecule has 57 heavy (non-hydrogen) atoms. The van der Waals surface area contributed by atoms with Gasteiger partial charge in [0.05, 0.1) is 12.6 Å². The molecule has 0 saturated heterocycles. The van der Waals surface area contributed by atoms with Gasteiger partial charge in [-0.1, -0.05) is 102 Å². The number of aliphatic hydroxyl groups excluding tert-OH is 1. The lowest BCUT2D eigenvalue weighted by atomic mass is 9.83. The number of hydrogen-bond donors (Lipinski definition) is 7. The fourth-order valence-electron chi connectivity index (χ4n) is 6.18. The van der Waals surface area contributed by atoms with E-state index in [1.165, 1.54) is 20.8 Å². The van der Waals surface area contributed by atoms with Crippen LogP contribution < -0.4 is 32.7 Å². The molecule has 0 aliphatic carbocycles. The Bertz CT molecular complexity index is 1640. The molecule has 0 fully saturated rings. The number of rotatable bonds is 22. The molecule has 2 aromatic carbocycles. The molecule has 15 nitrogen and oxygen atoms in total. The zero-order valence-electron chi connectivity index (χ0n) is 34.8. The topological polar surface area (TPSA) is 235 Å². The van der Waals surface area contributed by atoms with Gasteiger partial charge in [0.1, 0.15) is 24.2 Å². The van der Waals surface area contributed by atoms with Crippen molar-refractivity contribution in [3.63, 3.8) is 0 Å². The molecule has 0 saturated carbocycles. The second-order valence-corrected chi connectivity index (χ2v) is 15.4. The summed E-state index contributed by atoms with van der Waals surface area (Å²) in [5, 5.41) is 21.7.